The van der Waals surface area contributed by atoms with Crippen LogP contribution in [-0.4, -0.2) is 24.5 Å². The van der Waals surface area contributed by atoms with Gasteiger partial charge in [0.15, 0.2) is 0 Å². The highest BCUT2D eigenvalue weighted by atomic mass is 16.6. The van der Waals surface area contributed by atoms with E-state index in [1.807, 2.05) is 20.8 Å². The SMILES string of the molecule is CC(C)(C)OC(=O)NC1CCO1. The second kappa shape index (κ2) is 3.31. The van der Waals surface area contributed by atoms with Gasteiger partial charge in [-0.2, -0.15) is 0 Å². The summed E-state index contributed by atoms with van der Waals surface area (Å²) in [5.74, 6) is 0. The minimum absolute atomic E-state index is 0.139. The Hall–Kier alpha value is -0.770. The first-order valence-electron chi connectivity index (χ1n) is 4.08. The summed E-state index contributed by atoms with van der Waals surface area (Å²) in [5, 5.41) is 2.59. The fourth-order valence-electron chi connectivity index (χ4n) is 0.789. The van der Waals surface area contributed by atoms with Gasteiger partial charge in [0.05, 0.1) is 6.61 Å². The molecule has 1 N–H and O–H groups in total. The molecule has 0 bridgehead atoms. The van der Waals surface area contributed by atoms with E-state index >= 15 is 0 Å². The molecule has 1 amide bonds. The Morgan fingerprint density at radius 2 is 2.17 bits per heavy atom. The molecule has 4 nitrogen and oxygen atoms in total. The van der Waals surface area contributed by atoms with Crippen LogP contribution in [-0.2, 0) is 9.47 Å². The Kier molecular flexibility index (Phi) is 2.57. The average Bonchev–Trinajstić information content (AvgIpc) is 1.74. The molecule has 0 aromatic carbocycles. The van der Waals surface area contributed by atoms with Crippen molar-refractivity contribution in [3.05, 3.63) is 0 Å². The van der Waals surface area contributed by atoms with E-state index in [9.17, 15) is 4.79 Å². The van der Waals surface area contributed by atoms with Gasteiger partial charge in [-0.25, -0.2) is 4.79 Å². The Balaban J connectivity index is 2.19. The fourth-order valence-corrected chi connectivity index (χ4v) is 0.789. The molecule has 1 aliphatic rings. The largest absolute Gasteiger partial charge is 0.444 e. The van der Waals surface area contributed by atoms with Crippen molar-refractivity contribution in [1.29, 1.82) is 0 Å². The van der Waals surface area contributed by atoms with Crippen molar-refractivity contribution < 1.29 is 14.3 Å². The minimum Gasteiger partial charge on any atom is -0.444 e. The van der Waals surface area contributed by atoms with Gasteiger partial charge in [0.25, 0.3) is 0 Å². The molecule has 0 aromatic heterocycles. The van der Waals surface area contributed by atoms with E-state index in [-0.39, 0.29) is 6.23 Å². The number of rotatable bonds is 1. The van der Waals surface area contributed by atoms with E-state index in [1.165, 1.54) is 0 Å². The minimum atomic E-state index is -0.437. The summed E-state index contributed by atoms with van der Waals surface area (Å²) in [7, 11) is 0. The van der Waals surface area contributed by atoms with Gasteiger partial charge in [0.2, 0.25) is 0 Å². The van der Waals surface area contributed by atoms with Gasteiger partial charge in [0.1, 0.15) is 11.8 Å². The highest BCUT2D eigenvalue weighted by Gasteiger charge is 2.23. The van der Waals surface area contributed by atoms with Crippen molar-refractivity contribution in [1.82, 2.24) is 5.32 Å². The summed E-state index contributed by atoms with van der Waals surface area (Å²) in [4.78, 5) is 11.0. The third kappa shape index (κ3) is 3.09. The Labute approximate surface area is 72.2 Å². The maximum absolute atomic E-state index is 11.0. The smallest absolute Gasteiger partial charge is 0.409 e. The zero-order chi connectivity index (χ0) is 9.19. The van der Waals surface area contributed by atoms with E-state index < -0.39 is 11.7 Å². The summed E-state index contributed by atoms with van der Waals surface area (Å²) in [6, 6.07) is 0. The Bertz CT molecular complexity index is 170. The van der Waals surface area contributed by atoms with Crippen molar-refractivity contribution in [2.75, 3.05) is 6.61 Å². The molecule has 0 radical (unpaired) electrons. The molecular weight excluding hydrogens is 158 g/mol. The Morgan fingerprint density at radius 3 is 2.50 bits per heavy atom. The Morgan fingerprint density at radius 1 is 1.58 bits per heavy atom. The molecule has 12 heavy (non-hydrogen) atoms. The molecule has 1 aliphatic heterocycles. The summed E-state index contributed by atoms with van der Waals surface area (Å²) >= 11 is 0. The van der Waals surface area contributed by atoms with Crippen LogP contribution in [0.2, 0.25) is 0 Å². The molecule has 1 rings (SSSR count). The first-order valence-corrected chi connectivity index (χ1v) is 4.08. The van der Waals surface area contributed by atoms with Gasteiger partial charge < -0.3 is 9.47 Å². The number of hydrogen-bond donors (Lipinski definition) is 1. The lowest BCUT2D eigenvalue weighted by Crippen LogP contribution is -2.46. The van der Waals surface area contributed by atoms with Gasteiger partial charge in [-0.05, 0) is 20.8 Å². The zero-order valence-electron chi connectivity index (χ0n) is 7.72. The predicted octanol–water partition coefficient (Wildman–Crippen LogP) is 1.26. The topological polar surface area (TPSA) is 47.6 Å². The van der Waals surface area contributed by atoms with Crippen molar-refractivity contribution in [2.45, 2.75) is 39.0 Å². The number of hydrogen-bond acceptors (Lipinski definition) is 3. The fraction of sp³-hybridized carbons (Fsp3) is 0.875. The molecule has 0 spiro atoms. The first kappa shape index (κ1) is 9.32. The number of nitrogens with one attached hydrogen (secondary N) is 1. The van der Waals surface area contributed by atoms with Crippen LogP contribution in [0.25, 0.3) is 0 Å². The number of ether oxygens (including phenoxy) is 2. The quantitative estimate of drug-likeness (QED) is 0.649. The van der Waals surface area contributed by atoms with Gasteiger partial charge in [-0.15, -0.1) is 0 Å². The number of amides is 1. The summed E-state index contributed by atoms with van der Waals surface area (Å²) < 4.78 is 10.0. The standard InChI is InChI=1S/C8H15NO3/c1-8(2,3)12-7(10)9-6-4-5-11-6/h6H,4-5H2,1-3H3,(H,9,10). The third-order valence-corrected chi connectivity index (χ3v) is 1.38. The van der Waals surface area contributed by atoms with Gasteiger partial charge in [-0.1, -0.05) is 0 Å². The van der Waals surface area contributed by atoms with E-state index in [2.05, 4.69) is 5.32 Å². The van der Waals surface area contributed by atoms with Crippen LogP contribution in [0.5, 0.6) is 0 Å². The first-order chi connectivity index (χ1) is 5.47. The molecule has 4 heteroatoms. The highest BCUT2D eigenvalue weighted by Crippen LogP contribution is 2.10. The third-order valence-electron chi connectivity index (χ3n) is 1.38. The van der Waals surface area contributed by atoms with Crippen molar-refractivity contribution in [2.24, 2.45) is 0 Å². The predicted molar refractivity (Wildman–Crippen MR) is 43.7 cm³/mol. The highest BCUT2D eigenvalue weighted by molar-refractivity contribution is 5.67. The zero-order valence-corrected chi connectivity index (χ0v) is 7.72. The normalized spacial score (nSPS) is 22.8. The number of carbonyl (C=O) groups excluding carboxylic acids is 1. The van der Waals surface area contributed by atoms with E-state index in [4.69, 9.17) is 9.47 Å². The molecule has 0 aromatic rings. The molecule has 0 saturated carbocycles. The van der Waals surface area contributed by atoms with Crippen LogP contribution >= 0.6 is 0 Å². The van der Waals surface area contributed by atoms with Crippen LogP contribution in [0.15, 0.2) is 0 Å². The van der Waals surface area contributed by atoms with Crippen molar-refractivity contribution >= 4 is 6.09 Å². The number of carbonyl (C=O) groups is 1. The summed E-state index contributed by atoms with van der Waals surface area (Å²) in [6.45, 7) is 6.21. The van der Waals surface area contributed by atoms with Gasteiger partial charge in [0, 0.05) is 6.42 Å². The summed E-state index contributed by atoms with van der Waals surface area (Å²) in [6.07, 6.45) is 0.325. The van der Waals surface area contributed by atoms with Crippen LogP contribution in [0.4, 0.5) is 4.79 Å². The second-order valence-electron chi connectivity index (χ2n) is 3.79. The summed E-state index contributed by atoms with van der Waals surface area (Å²) in [5.41, 5.74) is -0.437. The average molecular weight is 173 g/mol. The van der Waals surface area contributed by atoms with E-state index in [1.54, 1.807) is 0 Å². The van der Waals surface area contributed by atoms with Crippen LogP contribution < -0.4 is 5.32 Å². The molecule has 1 fully saturated rings. The lowest BCUT2D eigenvalue weighted by atomic mass is 10.2. The van der Waals surface area contributed by atoms with Crippen LogP contribution in [0.3, 0.4) is 0 Å². The maximum Gasteiger partial charge on any atom is 0.409 e. The monoisotopic (exact) mass is 173 g/mol. The molecule has 70 valence electrons. The van der Waals surface area contributed by atoms with E-state index in [0.717, 1.165) is 13.0 Å². The maximum atomic E-state index is 11.0. The van der Waals surface area contributed by atoms with Crippen LogP contribution in [0.1, 0.15) is 27.2 Å². The van der Waals surface area contributed by atoms with Gasteiger partial charge in [-0.3, -0.25) is 5.32 Å². The van der Waals surface area contributed by atoms with Crippen molar-refractivity contribution in [3.63, 3.8) is 0 Å². The molecule has 0 aliphatic carbocycles. The molecule has 1 saturated heterocycles. The van der Waals surface area contributed by atoms with Crippen LogP contribution in [0, 0.1) is 0 Å². The van der Waals surface area contributed by atoms with Gasteiger partial charge >= 0.3 is 6.09 Å². The molecule has 1 atom stereocenters. The lowest BCUT2D eigenvalue weighted by Gasteiger charge is -2.28. The lowest BCUT2D eigenvalue weighted by molar-refractivity contribution is -0.0721. The molecule has 1 unspecified atom stereocenters. The molecule has 1 heterocycles. The van der Waals surface area contributed by atoms with E-state index in [0.29, 0.717) is 0 Å². The van der Waals surface area contributed by atoms with Crippen molar-refractivity contribution in [3.8, 4) is 0 Å². The number of alkyl carbamates (subject to hydrolysis) is 1. The molecular formula is C8H15NO3. The second-order valence-corrected chi connectivity index (χ2v) is 3.79.